The zero-order valence-electron chi connectivity index (χ0n) is 22.8. The van der Waals surface area contributed by atoms with Gasteiger partial charge in [-0.25, -0.2) is 0 Å². The minimum atomic E-state index is -0.560. The van der Waals surface area contributed by atoms with Crippen molar-refractivity contribution in [2.24, 2.45) is 0 Å². The van der Waals surface area contributed by atoms with Gasteiger partial charge >= 0.3 is 0 Å². The maximum atomic E-state index is 8.75. The fourth-order valence-electron chi connectivity index (χ4n) is 4.20. The monoisotopic (exact) mass is 717 g/mol. The van der Waals surface area contributed by atoms with E-state index in [0.717, 1.165) is 22.5 Å². The molecule has 2 N–H and O–H groups in total. The summed E-state index contributed by atoms with van der Waals surface area (Å²) in [4.78, 5) is 8.89. The average molecular weight is 717 g/mol. The molecule has 2 heterocycles. The molecule has 0 aliphatic carbocycles. The smallest absolute Gasteiger partial charge is 0.0742 e. The number of hydrogen-bond donors (Lipinski definition) is 2. The van der Waals surface area contributed by atoms with Gasteiger partial charge in [0.1, 0.15) is 0 Å². The van der Waals surface area contributed by atoms with Crippen LogP contribution < -0.4 is 0 Å². The van der Waals surface area contributed by atoms with Crippen molar-refractivity contribution in [1.82, 2.24) is 9.97 Å². The van der Waals surface area contributed by atoms with Crippen LogP contribution in [0.4, 0.5) is 0 Å². The van der Waals surface area contributed by atoms with Crippen LogP contribution in [0, 0.1) is 12.1 Å². The van der Waals surface area contributed by atoms with Crippen LogP contribution in [-0.2, 0) is 20.1 Å². The molecule has 2 aromatic heterocycles. The topological polar surface area (TPSA) is 66.2 Å². The van der Waals surface area contributed by atoms with E-state index in [1.807, 2.05) is 97.3 Å². The summed E-state index contributed by atoms with van der Waals surface area (Å²) in [7, 11) is 0. The summed E-state index contributed by atoms with van der Waals surface area (Å²) in [5.74, 6) is 0. The van der Waals surface area contributed by atoms with Crippen LogP contribution in [0.2, 0.25) is 0 Å². The van der Waals surface area contributed by atoms with Crippen molar-refractivity contribution in [2.75, 3.05) is 0 Å². The number of aliphatic hydroxyl groups is 2. The first-order chi connectivity index (χ1) is 19.6. The summed E-state index contributed by atoms with van der Waals surface area (Å²) in [6, 6.07) is 42.9. The van der Waals surface area contributed by atoms with E-state index in [1.54, 1.807) is 6.92 Å². The van der Waals surface area contributed by atoms with E-state index < -0.39 is 12.2 Å². The normalized spacial score (nSPS) is 11.6. The van der Waals surface area contributed by atoms with E-state index in [1.165, 1.54) is 27.6 Å². The van der Waals surface area contributed by atoms with Gasteiger partial charge in [0, 0.05) is 38.9 Å². The quantitative estimate of drug-likeness (QED) is 0.142. The van der Waals surface area contributed by atoms with E-state index in [9.17, 15) is 0 Å². The summed E-state index contributed by atoms with van der Waals surface area (Å²) in [5, 5.41) is 22.2. The zero-order valence-corrected chi connectivity index (χ0v) is 25.2. The van der Waals surface area contributed by atoms with E-state index in [-0.39, 0.29) is 20.1 Å². The van der Waals surface area contributed by atoms with Gasteiger partial charge in [-0.15, -0.1) is 78.4 Å². The van der Waals surface area contributed by atoms with Gasteiger partial charge in [0.15, 0.2) is 0 Å². The van der Waals surface area contributed by atoms with Crippen LogP contribution in [0.15, 0.2) is 134 Å². The maximum Gasteiger partial charge on any atom is 0.0742 e. The molecule has 6 aromatic rings. The van der Waals surface area contributed by atoms with Crippen molar-refractivity contribution >= 4 is 21.5 Å². The number of hydrogen-bond acceptors (Lipinski definition) is 4. The van der Waals surface area contributed by atoms with Gasteiger partial charge in [-0.1, -0.05) is 54.6 Å². The average Bonchev–Trinajstić information content (AvgIpc) is 3.01. The summed E-state index contributed by atoms with van der Waals surface area (Å²) in [6.45, 7) is 4.98. The van der Waals surface area contributed by atoms with Gasteiger partial charge in [-0.05, 0) is 52.0 Å². The molecule has 0 bridgehead atoms. The van der Waals surface area contributed by atoms with Gasteiger partial charge in [0.05, 0.1) is 12.2 Å². The molecule has 0 amide bonds. The predicted octanol–water partition coefficient (Wildman–Crippen LogP) is 7.71. The third-order valence-electron chi connectivity index (χ3n) is 6.13. The molecule has 41 heavy (non-hydrogen) atoms. The number of nitrogens with zero attached hydrogens (tertiary/aromatic N) is 2. The second-order valence-electron chi connectivity index (χ2n) is 9.20. The molecule has 0 fully saturated rings. The number of pyridine rings is 2. The van der Waals surface area contributed by atoms with Gasteiger partial charge < -0.3 is 20.2 Å². The minimum Gasteiger partial charge on any atom is -0.393 e. The first-order valence-corrected chi connectivity index (χ1v) is 13.2. The van der Waals surface area contributed by atoms with Gasteiger partial charge in [-0.2, -0.15) is 0 Å². The van der Waals surface area contributed by atoms with Crippen LogP contribution >= 0.6 is 0 Å². The number of aliphatic hydroxyl groups excluding tert-OH is 2. The van der Waals surface area contributed by atoms with E-state index in [4.69, 9.17) is 10.2 Å². The standard InChI is InChI=1S/2C15H10N.C6H12O2.Ir/c2*1-2-7-13(8-3-1)15-14-9-5-4-6-12(14)10-11-16-15;1-3-6(8)4-5(2)7;/h2*1-7,9-11H;3,5-8H,1,4H2,2H3;/q2*-1;;. The van der Waals surface area contributed by atoms with Gasteiger partial charge in [-0.3, -0.25) is 0 Å². The molecule has 209 valence electrons. The fraction of sp³-hybridized carbons (Fsp3) is 0.111. The Morgan fingerprint density at radius 2 is 1.12 bits per heavy atom. The Balaban J connectivity index is 0.000000178. The van der Waals surface area contributed by atoms with Gasteiger partial charge in [0.25, 0.3) is 0 Å². The summed E-state index contributed by atoms with van der Waals surface area (Å²) in [5.41, 5.74) is 4.08. The van der Waals surface area contributed by atoms with Crippen molar-refractivity contribution in [1.29, 1.82) is 0 Å². The second kappa shape index (κ2) is 16.3. The molecular formula is C36H32IrN2O2-2. The molecule has 4 nitrogen and oxygen atoms in total. The molecule has 2 unspecified atom stereocenters. The first kappa shape index (κ1) is 31.5. The first-order valence-electron chi connectivity index (χ1n) is 13.2. The van der Waals surface area contributed by atoms with Crippen molar-refractivity contribution < 1.29 is 30.3 Å². The summed E-state index contributed by atoms with van der Waals surface area (Å²) in [6.07, 6.45) is 4.48. The minimum absolute atomic E-state index is 0. The number of rotatable bonds is 5. The molecule has 1 radical (unpaired) electrons. The summed E-state index contributed by atoms with van der Waals surface area (Å²) < 4.78 is 0. The molecule has 2 atom stereocenters. The van der Waals surface area contributed by atoms with Gasteiger partial charge in [0.2, 0.25) is 0 Å². The third kappa shape index (κ3) is 9.00. The van der Waals surface area contributed by atoms with E-state index in [0.29, 0.717) is 6.42 Å². The van der Waals surface area contributed by atoms with Crippen molar-refractivity contribution in [3.05, 3.63) is 146 Å². The Morgan fingerprint density at radius 3 is 1.49 bits per heavy atom. The fourth-order valence-corrected chi connectivity index (χ4v) is 4.20. The van der Waals surface area contributed by atoms with Crippen LogP contribution in [0.25, 0.3) is 44.1 Å². The number of fused-ring (bicyclic) bond motifs is 2. The Kier molecular flexibility index (Phi) is 12.5. The van der Waals surface area contributed by atoms with Crippen LogP contribution in [0.5, 0.6) is 0 Å². The molecular weight excluding hydrogens is 685 g/mol. The Morgan fingerprint density at radius 1 is 0.683 bits per heavy atom. The molecule has 0 aliphatic rings. The molecule has 0 saturated carbocycles. The third-order valence-corrected chi connectivity index (χ3v) is 6.13. The van der Waals surface area contributed by atoms with E-state index in [2.05, 4.69) is 52.9 Å². The molecule has 0 aliphatic heterocycles. The predicted molar refractivity (Wildman–Crippen MR) is 165 cm³/mol. The Hall–Kier alpha value is -3.99. The van der Waals surface area contributed by atoms with Crippen LogP contribution in [-0.4, -0.2) is 32.4 Å². The van der Waals surface area contributed by atoms with Crippen LogP contribution in [0.3, 0.4) is 0 Å². The number of aromatic nitrogens is 2. The Labute approximate surface area is 255 Å². The van der Waals surface area contributed by atoms with Crippen LogP contribution in [0.1, 0.15) is 13.3 Å². The van der Waals surface area contributed by atoms with E-state index >= 15 is 0 Å². The zero-order chi connectivity index (χ0) is 28.2. The van der Waals surface area contributed by atoms with Crippen molar-refractivity contribution in [2.45, 2.75) is 25.6 Å². The van der Waals surface area contributed by atoms with Crippen molar-refractivity contribution in [3.63, 3.8) is 0 Å². The number of benzene rings is 4. The maximum absolute atomic E-state index is 8.75. The molecule has 4 aromatic carbocycles. The largest absolute Gasteiger partial charge is 0.393 e. The molecule has 0 saturated heterocycles. The summed E-state index contributed by atoms with van der Waals surface area (Å²) >= 11 is 0. The second-order valence-corrected chi connectivity index (χ2v) is 9.20. The Bertz CT molecular complexity index is 1510. The molecule has 5 heteroatoms. The molecule has 6 rings (SSSR count). The van der Waals surface area contributed by atoms with Crippen molar-refractivity contribution in [3.8, 4) is 22.5 Å². The SMILES string of the molecule is C=CC(O)CC(C)O.[Ir].[c-]1ccccc1-c1nccc2ccccc12.[c-]1ccccc1-c1nccc2ccccc12. The molecule has 0 spiro atoms.